The maximum Gasteiger partial charge on any atom is 0.416 e. The number of ether oxygens (including phenoxy) is 1. The normalized spacial score (nSPS) is 11.3. The van der Waals surface area contributed by atoms with Crippen molar-refractivity contribution in [2.24, 2.45) is 0 Å². The van der Waals surface area contributed by atoms with Crippen molar-refractivity contribution in [3.05, 3.63) is 36.2 Å². The van der Waals surface area contributed by atoms with Crippen molar-refractivity contribution >= 4 is 23.0 Å². The molecule has 9 heteroatoms. The number of nitrogen functional groups attached to an aromatic ring is 1. The fraction of sp³-hybridized carbons (Fsp3) is 0.333. The van der Waals surface area contributed by atoms with Crippen LogP contribution >= 0.6 is 0 Å². The van der Waals surface area contributed by atoms with Gasteiger partial charge in [-0.2, -0.15) is 13.2 Å². The van der Waals surface area contributed by atoms with Crippen molar-refractivity contribution < 1.29 is 17.9 Å². The van der Waals surface area contributed by atoms with Crippen LogP contribution < -0.4 is 16.4 Å². The predicted octanol–water partition coefficient (Wildman–Crippen LogP) is 3.27. The molecule has 6 nitrogen and oxygen atoms in total. The number of nitrogens with zero attached hydrogens (tertiary/aromatic N) is 2. The summed E-state index contributed by atoms with van der Waals surface area (Å²) in [5, 5.41) is 5.82. The first kappa shape index (κ1) is 17.8. The summed E-state index contributed by atoms with van der Waals surface area (Å²) in [7, 11) is 1.61. The summed E-state index contributed by atoms with van der Waals surface area (Å²) in [4.78, 5) is 8.00. The molecule has 2 rings (SSSR count). The molecule has 0 aliphatic heterocycles. The van der Waals surface area contributed by atoms with Crippen LogP contribution in [0, 0.1) is 0 Å². The smallest absolute Gasteiger partial charge is 0.393 e. The van der Waals surface area contributed by atoms with E-state index in [4.69, 9.17) is 10.5 Å². The minimum Gasteiger partial charge on any atom is -0.393 e. The number of alkyl halides is 3. The Hall–Kier alpha value is -2.55. The van der Waals surface area contributed by atoms with Crippen LogP contribution in [-0.4, -0.2) is 30.2 Å². The van der Waals surface area contributed by atoms with Gasteiger partial charge in [-0.3, -0.25) is 0 Å². The van der Waals surface area contributed by atoms with E-state index >= 15 is 0 Å². The van der Waals surface area contributed by atoms with Crippen molar-refractivity contribution in [2.45, 2.75) is 12.6 Å². The van der Waals surface area contributed by atoms with E-state index < -0.39 is 11.7 Å². The molecule has 0 fully saturated rings. The Bertz CT molecular complexity index is 678. The lowest BCUT2D eigenvalue weighted by molar-refractivity contribution is -0.137. The molecule has 0 amide bonds. The van der Waals surface area contributed by atoms with Crippen LogP contribution in [0.25, 0.3) is 0 Å². The first-order chi connectivity index (χ1) is 11.4. The number of halogens is 3. The Kier molecular flexibility index (Phi) is 5.80. The van der Waals surface area contributed by atoms with Gasteiger partial charge in [-0.15, -0.1) is 0 Å². The number of anilines is 4. The van der Waals surface area contributed by atoms with Gasteiger partial charge < -0.3 is 21.1 Å². The standard InChI is InChI=1S/C15H18F3N5O/c1-24-7-3-6-20-13-12(19)14(22-9-21-13)23-11-5-2-4-10(8-11)15(16,17)18/h2,4-5,8-9H,3,6-7,19H2,1H3,(H2,20,21,22,23). The van der Waals surface area contributed by atoms with Crippen LogP contribution in [0.1, 0.15) is 12.0 Å². The first-order valence-corrected chi connectivity index (χ1v) is 7.19. The molecule has 130 valence electrons. The maximum atomic E-state index is 12.8. The summed E-state index contributed by atoms with van der Waals surface area (Å²) in [6.07, 6.45) is -2.37. The highest BCUT2D eigenvalue weighted by Crippen LogP contribution is 2.32. The zero-order valence-corrected chi connectivity index (χ0v) is 13.0. The summed E-state index contributed by atoms with van der Waals surface area (Å²) >= 11 is 0. The summed E-state index contributed by atoms with van der Waals surface area (Å²) in [6, 6.07) is 4.81. The van der Waals surface area contributed by atoms with Crippen molar-refractivity contribution in [3.8, 4) is 0 Å². The van der Waals surface area contributed by atoms with Gasteiger partial charge in [0.05, 0.1) is 5.56 Å². The minimum absolute atomic E-state index is 0.229. The first-order valence-electron chi connectivity index (χ1n) is 7.19. The monoisotopic (exact) mass is 341 g/mol. The number of rotatable bonds is 7. The van der Waals surface area contributed by atoms with Gasteiger partial charge in [0.2, 0.25) is 0 Å². The van der Waals surface area contributed by atoms with Gasteiger partial charge in [-0.25, -0.2) is 9.97 Å². The van der Waals surface area contributed by atoms with Gasteiger partial charge in [0, 0.05) is 25.9 Å². The molecular weight excluding hydrogens is 323 g/mol. The lowest BCUT2D eigenvalue weighted by atomic mass is 10.2. The highest BCUT2D eigenvalue weighted by molar-refractivity contribution is 5.77. The molecule has 4 N–H and O–H groups in total. The van der Waals surface area contributed by atoms with Gasteiger partial charge in [0.25, 0.3) is 0 Å². The Morgan fingerprint density at radius 1 is 1.21 bits per heavy atom. The summed E-state index contributed by atoms with van der Waals surface area (Å²) in [5.74, 6) is 0.647. The minimum atomic E-state index is -4.41. The second-order valence-corrected chi connectivity index (χ2v) is 4.96. The number of methoxy groups -OCH3 is 1. The fourth-order valence-electron chi connectivity index (χ4n) is 1.97. The molecule has 0 bridgehead atoms. The van der Waals surface area contributed by atoms with E-state index in [0.29, 0.717) is 19.0 Å². The quantitative estimate of drug-likeness (QED) is 0.670. The van der Waals surface area contributed by atoms with Crippen molar-refractivity contribution in [1.29, 1.82) is 0 Å². The highest BCUT2D eigenvalue weighted by atomic mass is 19.4. The van der Waals surface area contributed by atoms with E-state index in [-0.39, 0.29) is 17.2 Å². The second-order valence-electron chi connectivity index (χ2n) is 4.96. The van der Waals surface area contributed by atoms with Crippen LogP contribution in [0.4, 0.5) is 36.2 Å². The average molecular weight is 341 g/mol. The zero-order valence-electron chi connectivity index (χ0n) is 13.0. The Balaban J connectivity index is 2.13. The Morgan fingerprint density at radius 3 is 2.67 bits per heavy atom. The van der Waals surface area contributed by atoms with Crippen LogP contribution in [0.5, 0.6) is 0 Å². The largest absolute Gasteiger partial charge is 0.416 e. The third-order valence-corrected chi connectivity index (χ3v) is 3.15. The summed E-state index contributed by atoms with van der Waals surface area (Å²) < 4.78 is 43.2. The predicted molar refractivity (Wildman–Crippen MR) is 86.2 cm³/mol. The summed E-state index contributed by atoms with van der Waals surface area (Å²) in [5.41, 5.74) is 5.68. The lowest BCUT2D eigenvalue weighted by Crippen LogP contribution is -2.10. The molecule has 0 radical (unpaired) electrons. The third kappa shape index (κ3) is 4.72. The van der Waals surface area contributed by atoms with Crippen molar-refractivity contribution in [1.82, 2.24) is 9.97 Å². The number of hydrogen-bond donors (Lipinski definition) is 3. The molecule has 2 aromatic rings. The number of hydrogen-bond acceptors (Lipinski definition) is 6. The van der Waals surface area contributed by atoms with E-state index in [1.165, 1.54) is 18.5 Å². The molecule has 1 aromatic carbocycles. The van der Waals surface area contributed by atoms with Gasteiger partial charge in [-0.1, -0.05) is 6.07 Å². The van der Waals surface area contributed by atoms with Crippen LogP contribution in [-0.2, 0) is 10.9 Å². The molecule has 0 atom stereocenters. The van der Waals surface area contributed by atoms with Gasteiger partial charge in [0.15, 0.2) is 11.6 Å². The molecule has 1 aromatic heterocycles. The number of benzene rings is 1. The van der Waals surface area contributed by atoms with E-state index in [0.717, 1.165) is 18.6 Å². The van der Waals surface area contributed by atoms with Gasteiger partial charge in [0.1, 0.15) is 12.0 Å². The summed E-state index contributed by atoms with van der Waals surface area (Å²) in [6.45, 7) is 1.19. The van der Waals surface area contributed by atoms with Gasteiger partial charge in [-0.05, 0) is 24.6 Å². The average Bonchev–Trinajstić information content (AvgIpc) is 2.54. The number of nitrogens with two attached hydrogens (primary N) is 1. The third-order valence-electron chi connectivity index (χ3n) is 3.15. The molecule has 0 aliphatic carbocycles. The molecule has 0 saturated heterocycles. The highest BCUT2D eigenvalue weighted by Gasteiger charge is 2.30. The molecule has 24 heavy (non-hydrogen) atoms. The molecule has 0 unspecified atom stereocenters. The van der Waals surface area contributed by atoms with E-state index in [2.05, 4.69) is 20.6 Å². The maximum absolute atomic E-state index is 12.8. The van der Waals surface area contributed by atoms with E-state index in [1.54, 1.807) is 7.11 Å². The van der Waals surface area contributed by atoms with Crippen molar-refractivity contribution in [3.63, 3.8) is 0 Å². The van der Waals surface area contributed by atoms with E-state index in [9.17, 15) is 13.2 Å². The Labute approximate surface area is 137 Å². The molecule has 1 heterocycles. The number of nitrogens with one attached hydrogen (secondary N) is 2. The SMILES string of the molecule is COCCCNc1ncnc(Nc2cccc(C(F)(F)F)c2)c1N. The topological polar surface area (TPSA) is 85.1 Å². The van der Waals surface area contributed by atoms with Crippen LogP contribution in [0.3, 0.4) is 0 Å². The zero-order chi connectivity index (χ0) is 17.6. The second kappa shape index (κ2) is 7.82. The lowest BCUT2D eigenvalue weighted by Gasteiger charge is -2.13. The Morgan fingerprint density at radius 2 is 1.96 bits per heavy atom. The fourth-order valence-corrected chi connectivity index (χ4v) is 1.97. The van der Waals surface area contributed by atoms with Gasteiger partial charge >= 0.3 is 6.18 Å². The molecule has 0 spiro atoms. The molecular formula is C15H18F3N5O. The molecule has 0 aliphatic rings. The number of aromatic nitrogens is 2. The van der Waals surface area contributed by atoms with Crippen molar-refractivity contribution in [2.75, 3.05) is 36.6 Å². The van der Waals surface area contributed by atoms with E-state index in [1.807, 2.05) is 0 Å². The molecule has 0 saturated carbocycles. The van der Waals surface area contributed by atoms with Crippen LogP contribution in [0.15, 0.2) is 30.6 Å². The van der Waals surface area contributed by atoms with Crippen LogP contribution in [0.2, 0.25) is 0 Å².